The molecule has 1 N–H and O–H groups in total. The number of rotatable bonds is 21. The van der Waals surface area contributed by atoms with Crippen LogP contribution in [0, 0.1) is 5.92 Å². The van der Waals surface area contributed by atoms with E-state index in [1.807, 2.05) is 6.08 Å². The molecular weight excluding hydrogens is 396 g/mol. The summed E-state index contributed by atoms with van der Waals surface area (Å²) in [7, 11) is 0. The van der Waals surface area contributed by atoms with E-state index >= 15 is 0 Å². The molecule has 0 aliphatic rings. The number of carbonyl (C=O) groups excluding carboxylic acids is 2. The summed E-state index contributed by atoms with van der Waals surface area (Å²) in [5.41, 5.74) is 0. The van der Waals surface area contributed by atoms with Crippen molar-refractivity contribution in [2.45, 2.75) is 96.8 Å². The van der Waals surface area contributed by atoms with Crippen molar-refractivity contribution in [1.29, 1.82) is 0 Å². The molecule has 0 saturated heterocycles. The van der Waals surface area contributed by atoms with E-state index < -0.39 is 23.8 Å². The minimum Gasteiger partial charge on any atom is -0.481 e. The van der Waals surface area contributed by atoms with E-state index in [-0.39, 0.29) is 19.6 Å². The van der Waals surface area contributed by atoms with Gasteiger partial charge in [-0.1, -0.05) is 96.3 Å². The summed E-state index contributed by atoms with van der Waals surface area (Å²) in [5, 5.41) is 9.26. The SMILES string of the molecule is C=CC(=O)OCCOC(=O)CC(/C=C/CCCCCCCCCCCCCC)C(=O)O. The van der Waals surface area contributed by atoms with Gasteiger partial charge in [0.2, 0.25) is 0 Å². The van der Waals surface area contributed by atoms with Crippen LogP contribution in [0.5, 0.6) is 0 Å². The first-order chi connectivity index (χ1) is 15.0. The van der Waals surface area contributed by atoms with Crippen molar-refractivity contribution in [2.75, 3.05) is 13.2 Å². The number of hydrogen-bond acceptors (Lipinski definition) is 5. The summed E-state index contributed by atoms with van der Waals surface area (Å²) in [6, 6.07) is 0. The highest BCUT2D eigenvalue weighted by molar-refractivity contribution is 5.81. The maximum atomic E-state index is 11.7. The van der Waals surface area contributed by atoms with Crippen LogP contribution in [0.1, 0.15) is 96.8 Å². The molecular formula is C25H42O6. The molecule has 0 saturated carbocycles. The maximum absolute atomic E-state index is 11.7. The van der Waals surface area contributed by atoms with Gasteiger partial charge in [0.1, 0.15) is 13.2 Å². The topological polar surface area (TPSA) is 89.9 Å². The van der Waals surface area contributed by atoms with Gasteiger partial charge in [-0.3, -0.25) is 9.59 Å². The largest absolute Gasteiger partial charge is 0.481 e. The van der Waals surface area contributed by atoms with Gasteiger partial charge in [0, 0.05) is 6.08 Å². The Labute approximate surface area is 188 Å². The van der Waals surface area contributed by atoms with Gasteiger partial charge in [-0.2, -0.15) is 0 Å². The lowest BCUT2D eigenvalue weighted by Crippen LogP contribution is -2.19. The van der Waals surface area contributed by atoms with E-state index in [2.05, 4.69) is 18.2 Å². The summed E-state index contributed by atoms with van der Waals surface area (Å²) < 4.78 is 9.58. The number of allylic oxidation sites excluding steroid dienone is 1. The van der Waals surface area contributed by atoms with Crippen molar-refractivity contribution in [1.82, 2.24) is 0 Å². The van der Waals surface area contributed by atoms with Crippen molar-refractivity contribution in [3.8, 4) is 0 Å². The van der Waals surface area contributed by atoms with Gasteiger partial charge in [0.05, 0.1) is 12.3 Å². The fourth-order valence-electron chi connectivity index (χ4n) is 3.20. The molecule has 0 fully saturated rings. The van der Waals surface area contributed by atoms with Crippen LogP contribution in [-0.4, -0.2) is 36.2 Å². The maximum Gasteiger partial charge on any atom is 0.330 e. The van der Waals surface area contributed by atoms with Gasteiger partial charge in [0.25, 0.3) is 0 Å². The Bertz CT molecular complexity index is 526. The van der Waals surface area contributed by atoms with E-state index in [4.69, 9.17) is 4.74 Å². The van der Waals surface area contributed by atoms with Crippen LogP contribution < -0.4 is 0 Å². The molecule has 178 valence electrons. The number of ether oxygens (including phenoxy) is 2. The normalized spacial score (nSPS) is 11.9. The number of hydrogen-bond donors (Lipinski definition) is 1. The molecule has 0 aromatic rings. The van der Waals surface area contributed by atoms with Gasteiger partial charge in [0.15, 0.2) is 0 Å². The van der Waals surface area contributed by atoms with Crippen molar-refractivity contribution < 1.29 is 29.0 Å². The van der Waals surface area contributed by atoms with Crippen molar-refractivity contribution in [3.05, 3.63) is 24.8 Å². The molecule has 1 unspecified atom stereocenters. The van der Waals surface area contributed by atoms with Gasteiger partial charge < -0.3 is 14.6 Å². The van der Waals surface area contributed by atoms with E-state index in [1.54, 1.807) is 6.08 Å². The molecule has 0 spiro atoms. The number of carbonyl (C=O) groups is 3. The molecule has 31 heavy (non-hydrogen) atoms. The van der Waals surface area contributed by atoms with Crippen LogP contribution in [0.3, 0.4) is 0 Å². The number of carboxylic acid groups (broad SMARTS) is 1. The van der Waals surface area contributed by atoms with Gasteiger partial charge in [-0.15, -0.1) is 0 Å². The predicted molar refractivity (Wildman–Crippen MR) is 123 cm³/mol. The smallest absolute Gasteiger partial charge is 0.330 e. The first-order valence-electron chi connectivity index (χ1n) is 11.9. The minimum absolute atomic E-state index is 0.0802. The van der Waals surface area contributed by atoms with Crippen molar-refractivity contribution >= 4 is 17.9 Å². The lowest BCUT2D eigenvalue weighted by Gasteiger charge is -2.08. The molecule has 0 aromatic heterocycles. The summed E-state index contributed by atoms with van der Waals surface area (Å²) in [6.07, 6.45) is 20.4. The van der Waals surface area contributed by atoms with Crippen LogP contribution in [0.2, 0.25) is 0 Å². The van der Waals surface area contributed by atoms with Crippen LogP contribution >= 0.6 is 0 Å². The second-order valence-electron chi connectivity index (χ2n) is 7.85. The average Bonchev–Trinajstić information content (AvgIpc) is 2.75. The molecule has 0 radical (unpaired) electrons. The average molecular weight is 439 g/mol. The zero-order valence-electron chi connectivity index (χ0n) is 19.3. The highest BCUT2D eigenvalue weighted by Gasteiger charge is 2.19. The number of unbranched alkanes of at least 4 members (excludes halogenated alkanes) is 12. The molecule has 0 aromatic carbocycles. The summed E-state index contributed by atoms with van der Waals surface area (Å²) in [5.74, 6) is -3.18. The second-order valence-corrected chi connectivity index (χ2v) is 7.85. The molecule has 6 heteroatoms. The zero-order chi connectivity index (χ0) is 23.2. The Morgan fingerprint density at radius 3 is 1.87 bits per heavy atom. The number of aliphatic carboxylic acids is 1. The standard InChI is InChI=1S/C25H42O6/c1-3-5-6-7-8-9-10-11-12-13-14-15-16-17-18-22(25(28)29)21-24(27)31-20-19-30-23(26)4-2/h4,17-18,22H,2-3,5-16,19-21H2,1H3,(H,28,29)/b18-17+. The molecule has 0 bridgehead atoms. The van der Waals surface area contributed by atoms with Gasteiger partial charge >= 0.3 is 17.9 Å². The quantitative estimate of drug-likeness (QED) is 0.102. The summed E-state index contributed by atoms with van der Waals surface area (Å²) in [4.78, 5) is 33.9. The molecule has 0 aliphatic carbocycles. The van der Waals surface area contributed by atoms with E-state index in [0.717, 1.165) is 25.3 Å². The lowest BCUT2D eigenvalue weighted by atomic mass is 10.0. The monoisotopic (exact) mass is 438 g/mol. The Kier molecular flexibility index (Phi) is 19.7. The van der Waals surface area contributed by atoms with Crippen molar-refractivity contribution in [3.63, 3.8) is 0 Å². The van der Waals surface area contributed by atoms with E-state index in [0.29, 0.717) is 0 Å². The second kappa shape index (κ2) is 21.1. The minimum atomic E-state index is -1.05. The fourth-order valence-corrected chi connectivity index (χ4v) is 3.20. The molecule has 6 nitrogen and oxygen atoms in total. The van der Waals surface area contributed by atoms with Crippen LogP contribution in [0.25, 0.3) is 0 Å². The van der Waals surface area contributed by atoms with Crippen molar-refractivity contribution in [2.24, 2.45) is 5.92 Å². The van der Waals surface area contributed by atoms with Crippen LogP contribution in [-0.2, 0) is 23.9 Å². The highest BCUT2D eigenvalue weighted by Crippen LogP contribution is 2.13. The Morgan fingerprint density at radius 2 is 1.35 bits per heavy atom. The Balaban J connectivity index is 3.74. The molecule has 0 amide bonds. The molecule has 0 aliphatic heterocycles. The molecule has 0 rings (SSSR count). The number of carboxylic acids is 1. The molecule has 1 atom stereocenters. The summed E-state index contributed by atoms with van der Waals surface area (Å²) in [6.45, 7) is 5.31. The fraction of sp³-hybridized carbons (Fsp3) is 0.720. The third kappa shape index (κ3) is 19.6. The predicted octanol–water partition coefficient (Wildman–Crippen LogP) is 6.00. The first-order valence-corrected chi connectivity index (χ1v) is 11.9. The molecule has 0 heterocycles. The lowest BCUT2D eigenvalue weighted by molar-refractivity contribution is -0.153. The summed E-state index contributed by atoms with van der Waals surface area (Å²) >= 11 is 0. The third-order valence-electron chi connectivity index (χ3n) is 5.05. The Morgan fingerprint density at radius 1 is 0.839 bits per heavy atom. The highest BCUT2D eigenvalue weighted by atomic mass is 16.6. The van der Waals surface area contributed by atoms with Crippen LogP contribution in [0.4, 0.5) is 0 Å². The Hall–Kier alpha value is -2.11. The third-order valence-corrected chi connectivity index (χ3v) is 5.05. The first kappa shape index (κ1) is 28.9. The zero-order valence-corrected chi connectivity index (χ0v) is 19.3. The van der Waals surface area contributed by atoms with E-state index in [9.17, 15) is 19.5 Å². The van der Waals surface area contributed by atoms with Gasteiger partial charge in [-0.05, 0) is 12.8 Å². The number of esters is 2. The van der Waals surface area contributed by atoms with Crippen LogP contribution in [0.15, 0.2) is 24.8 Å². The van der Waals surface area contributed by atoms with E-state index in [1.165, 1.54) is 64.2 Å². The van der Waals surface area contributed by atoms with Gasteiger partial charge in [-0.25, -0.2) is 4.79 Å².